The highest BCUT2D eigenvalue weighted by molar-refractivity contribution is 5.76. The molecule has 1 aromatic carbocycles. The highest BCUT2D eigenvalue weighted by Gasteiger charge is 2.44. The number of methoxy groups -OCH3 is 1. The van der Waals surface area contributed by atoms with Crippen molar-refractivity contribution < 1.29 is 23.8 Å². The molecule has 1 saturated heterocycles. The SMILES string of the molecule is COc1ccc(C2=CC3(COC(=O)C3)ON2)cc1OC1CCCC1. The summed E-state index contributed by atoms with van der Waals surface area (Å²) >= 11 is 0. The first kappa shape index (κ1) is 15.3. The molecule has 1 N–H and O–H groups in total. The van der Waals surface area contributed by atoms with Crippen LogP contribution in [0.15, 0.2) is 24.3 Å². The molecule has 0 bridgehead atoms. The van der Waals surface area contributed by atoms with Gasteiger partial charge in [0, 0.05) is 5.56 Å². The van der Waals surface area contributed by atoms with Gasteiger partial charge in [0.25, 0.3) is 0 Å². The maximum Gasteiger partial charge on any atom is 0.309 e. The Morgan fingerprint density at radius 2 is 2.08 bits per heavy atom. The molecule has 0 radical (unpaired) electrons. The monoisotopic (exact) mass is 331 g/mol. The van der Waals surface area contributed by atoms with E-state index in [0.717, 1.165) is 35.6 Å². The minimum atomic E-state index is -0.696. The third-order valence-corrected chi connectivity index (χ3v) is 4.76. The highest BCUT2D eigenvalue weighted by Crippen LogP contribution is 2.37. The van der Waals surface area contributed by atoms with E-state index in [1.54, 1.807) is 7.11 Å². The maximum atomic E-state index is 11.4. The van der Waals surface area contributed by atoms with Crippen LogP contribution < -0.4 is 15.0 Å². The van der Waals surface area contributed by atoms with Gasteiger partial charge < -0.3 is 14.2 Å². The van der Waals surface area contributed by atoms with E-state index in [2.05, 4.69) is 5.48 Å². The number of hydrogen-bond acceptors (Lipinski definition) is 6. The third-order valence-electron chi connectivity index (χ3n) is 4.76. The maximum absolute atomic E-state index is 11.4. The molecule has 1 atom stereocenters. The molecule has 1 aromatic rings. The van der Waals surface area contributed by atoms with Crippen LogP contribution in [0.4, 0.5) is 0 Å². The zero-order valence-electron chi connectivity index (χ0n) is 13.7. The lowest BCUT2D eigenvalue weighted by Crippen LogP contribution is -2.29. The summed E-state index contributed by atoms with van der Waals surface area (Å²) in [6, 6.07) is 5.79. The van der Waals surface area contributed by atoms with Crippen LogP contribution in [0.3, 0.4) is 0 Å². The van der Waals surface area contributed by atoms with Gasteiger partial charge in [0.15, 0.2) is 17.1 Å². The average molecular weight is 331 g/mol. The molecule has 2 fully saturated rings. The van der Waals surface area contributed by atoms with Crippen molar-refractivity contribution in [2.75, 3.05) is 13.7 Å². The van der Waals surface area contributed by atoms with Gasteiger partial charge in [-0.1, -0.05) is 0 Å². The van der Waals surface area contributed by atoms with Crippen molar-refractivity contribution in [2.24, 2.45) is 0 Å². The van der Waals surface area contributed by atoms with Gasteiger partial charge >= 0.3 is 5.97 Å². The minimum Gasteiger partial charge on any atom is -0.493 e. The van der Waals surface area contributed by atoms with Gasteiger partial charge in [0.05, 0.1) is 25.3 Å². The molecule has 3 aliphatic rings. The average Bonchev–Trinajstić information content (AvgIpc) is 3.31. The van der Waals surface area contributed by atoms with Crippen molar-refractivity contribution in [3.05, 3.63) is 29.8 Å². The number of rotatable bonds is 4. The fraction of sp³-hybridized carbons (Fsp3) is 0.500. The Bertz CT molecular complexity index is 680. The van der Waals surface area contributed by atoms with Crippen molar-refractivity contribution in [1.82, 2.24) is 5.48 Å². The molecule has 2 aliphatic heterocycles. The lowest BCUT2D eigenvalue weighted by atomic mass is 10.0. The highest BCUT2D eigenvalue weighted by atomic mass is 16.7. The summed E-state index contributed by atoms with van der Waals surface area (Å²) in [5.74, 6) is 1.22. The first-order valence-electron chi connectivity index (χ1n) is 8.35. The van der Waals surface area contributed by atoms with Crippen molar-refractivity contribution in [2.45, 2.75) is 43.8 Å². The summed E-state index contributed by atoms with van der Waals surface area (Å²) in [7, 11) is 1.64. The number of carbonyl (C=O) groups is 1. The molecule has 1 unspecified atom stereocenters. The van der Waals surface area contributed by atoms with Crippen LogP contribution >= 0.6 is 0 Å². The van der Waals surface area contributed by atoms with Gasteiger partial charge in [-0.25, -0.2) is 0 Å². The second-order valence-corrected chi connectivity index (χ2v) is 6.55. The van der Waals surface area contributed by atoms with Crippen LogP contribution in [0.2, 0.25) is 0 Å². The van der Waals surface area contributed by atoms with Crippen LogP contribution in [0.5, 0.6) is 11.5 Å². The molecular weight excluding hydrogens is 310 g/mol. The first-order chi connectivity index (χ1) is 11.7. The van der Waals surface area contributed by atoms with E-state index in [9.17, 15) is 4.79 Å². The number of esters is 1. The van der Waals surface area contributed by atoms with Crippen LogP contribution in [0.25, 0.3) is 5.70 Å². The molecule has 24 heavy (non-hydrogen) atoms. The van der Waals surface area contributed by atoms with E-state index in [4.69, 9.17) is 19.0 Å². The van der Waals surface area contributed by atoms with E-state index in [1.807, 2.05) is 24.3 Å². The minimum absolute atomic E-state index is 0.227. The Kier molecular flexibility index (Phi) is 3.84. The Labute approximate surface area is 140 Å². The Morgan fingerprint density at radius 3 is 2.79 bits per heavy atom. The summed E-state index contributed by atoms with van der Waals surface area (Å²) in [6.07, 6.45) is 6.99. The molecule has 0 amide bonds. The molecule has 1 aliphatic carbocycles. The van der Waals surface area contributed by atoms with Crippen molar-refractivity contribution in [3.8, 4) is 11.5 Å². The largest absolute Gasteiger partial charge is 0.493 e. The van der Waals surface area contributed by atoms with Crippen molar-refractivity contribution in [1.29, 1.82) is 0 Å². The number of carbonyl (C=O) groups excluding carboxylic acids is 1. The molecule has 1 saturated carbocycles. The van der Waals surface area contributed by atoms with Crippen LogP contribution in [-0.4, -0.2) is 31.4 Å². The summed E-state index contributed by atoms with van der Waals surface area (Å²) in [5, 5.41) is 0. The number of nitrogens with one attached hydrogen (secondary N) is 1. The number of ether oxygens (including phenoxy) is 3. The van der Waals surface area contributed by atoms with Gasteiger partial charge in [-0.2, -0.15) is 0 Å². The molecule has 1 spiro atoms. The predicted molar refractivity (Wildman–Crippen MR) is 86.4 cm³/mol. The summed E-state index contributed by atoms with van der Waals surface area (Å²) in [5.41, 5.74) is 3.96. The number of cyclic esters (lactones) is 1. The number of hydroxylamine groups is 1. The second-order valence-electron chi connectivity index (χ2n) is 6.55. The van der Waals surface area contributed by atoms with Crippen molar-refractivity contribution in [3.63, 3.8) is 0 Å². The second kappa shape index (κ2) is 6.02. The van der Waals surface area contributed by atoms with Gasteiger partial charge in [-0.15, -0.1) is 0 Å². The third kappa shape index (κ3) is 2.82. The van der Waals surface area contributed by atoms with E-state index in [1.165, 1.54) is 12.8 Å². The molecule has 4 rings (SSSR count). The van der Waals surface area contributed by atoms with E-state index < -0.39 is 5.60 Å². The van der Waals surface area contributed by atoms with Crippen LogP contribution in [0.1, 0.15) is 37.7 Å². The summed E-state index contributed by atoms with van der Waals surface area (Å²) in [6.45, 7) is 0.240. The van der Waals surface area contributed by atoms with Crippen LogP contribution in [-0.2, 0) is 14.4 Å². The lowest BCUT2D eigenvalue weighted by molar-refractivity contribution is -0.137. The van der Waals surface area contributed by atoms with E-state index in [0.29, 0.717) is 0 Å². The van der Waals surface area contributed by atoms with Gasteiger partial charge in [0.2, 0.25) is 0 Å². The summed E-state index contributed by atoms with van der Waals surface area (Å²) < 4.78 is 16.6. The molecule has 2 heterocycles. The number of hydrogen-bond donors (Lipinski definition) is 1. The Hall–Kier alpha value is -2.21. The zero-order valence-corrected chi connectivity index (χ0v) is 13.7. The smallest absolute Gasteiger partial charge is 0.309 e. The fourth-order valence-corrected chi connectivity index (χ4v) is 3.45. The topological polar surface area (TPSA) is 66.0 Å². The van der Waals surface area contributed by atoms with Gasteiger partial charge in [-0.3, -0.25) is 15.1 Å². The quantitative estimate of drug-likeness (QED) is 0.856. The Morgan fingerprint density at radius 1 is 1.25 bits per heavy atom. The molecule has 0 aromatic heterocycles. The predicted octanol–water partition coefficient (Wildman–Crippen LogP) is 2.58. The standard InChI is InChI=1S/C18H21NO5/c1-21-15-7-6-12(8-16(15)23-13-4-2-3-5-13)14-9-18(24-19-14)10-17(20)22-11-18/h6-9,13,19H,2-5,10-11H2,1H3. The van der Waals surface area contributed by atoms with Crippen molar-refractivity contribution >= 4 is 11.7 Å². The first-order valence-corrected chi connectivity index (χ1v) is 8.35. The molecule has 6 heteroatoms. The van der Waals surface area contributed by atoms with E-state index >= 15 is 0 Å². The van der Waals surface area contributed by atoms with Crippen LogP contribution in [0, 0.1) is 0 Å². The zero-order chi connectivity index (χ0) is 16.6. The van der Waals surface area contributed by atoms with Gasteiger partial charge in [0.1, 0.15) is 6.61 Å². The number of benzene rings is 1. The molecular formula is C18H21NO5. The summed E-state index contributed by atoms with van der Waals surface area (Å²) in [4.78, 5) is 17.0. The Balaban J connectivity index is 1.59. The molecule has 128 valence electrons. The molecule has 6 nitrogen and oxygen atoms in total. The van der Waals surface area contributed by atoms with E-state index in [-0.39, 0.29) is 25.1 Å². The fourth-order valence-electron chi connectivity index (χ4n) is 3.45. The van der Waals surface area contributed by atoms with Gasteiger partial charge in [-0.05, 0) is 50.0 Å². The normalized spacial score (nSPS) is 26.4. The lowest BCUT2D eigenvalue weighted by Gasteiger charge is -2.17.